The number of amidine groups is 1. The van der Waals surface area contributed by atoms with Crippen molar-refractivity contribution in [2.75, 3.05) is 7.11 Å². The van der Waals surface area contributed by atoms with E-state index in [0.717, 1.165) is 10.6 Å². The average Bonchev–Trinajstić information content (AvgIpc) is 2.47. The number of hydrogen-bond acceptors (Lipinski definition) is 5. The Morgan fingerprint density at radius 3 is 2.84 bits per heavy atom. The van der Waals surface area contributed by atoms with Gasteiger partial charge < -0.3 is 15.7 Å². The molecule has 0 bridgehead atoms. The van der Waals surface area contributed by atoms with Gasteiger partial charge in [-0.3, -0.25) is 0 Å². The predicted octanol–water partition coefficient (Wildman–Crippen LogP) is 2.34. The van der Waals surface area contributed by atoms with Crippen LogP contribution in [-0.4, -0.2) is 23.1 Å². The molecule has 2 aromatic rings. The molecule has 0 unspecified atom stereocenters. The standard InChI is InChI=1S/C13H13N3O2S/c1-18-10-6-2-3-7-11(10)19-13-9(12(14)16-17)5-4-8-15-13/h2-8,17H,1H3,(H2,14,16). The van der Waals surface area contributed by atoms with Crippen molar-refractivity contribution in [1.82, 2.24) is 4.98 Å². The van der Waals surface area contributed by atoms with Crippen LogP contribution in [0, 0.1) is 0 Å². The summed E-state index contributed by atoms with van der Waals surface area (Å²) in [5, 5.41) is 12.4. The smallest absolute Gasteiger partial charge is 0.172 e. The molecule has 0 aliphatic carbocycles. The van der Waals surface area contributed by atoms with Crippen LogP contribution in [0.1, 0.15) is 5.56 Å². The van der Waals surface area contributed by atoms with Gasteiger partial charge in [0.1, 0.15) is 10.8 Å². The summed E-state index contributed by atoms with van der Waals surface area (Å²) in [5.74, 6) is 0.786. The third-order valence-electron chi connectivity index (χ3n) is 2.43. The van der Waals surface area contributed by atoms with E-state index in [-0.39, 0.29) is 5.84 Å². The second kappa shape index (κ2) is 6.10. The molecule has 0 radical (unpaired) electrons. The number of rotatable bonds is 4. The zero-order chi connectivity index (χ0) is 13.7. The van der Waals surface area contributed by atoms with E-state index in [9.17, 15) is 0 Å². The van der Waals surface area contributed by atoms with Crippen molar-refractivity contribution in [3.8, 4) is 5.75 Å². The molecule has 1 aromatic carbocycles. The van der Waals surface area contributed by atoms with Gasteiger partial charge in [-0.05, 0) is 24.3 Å². The molecule has 3 N–H and O–H groups in total. The van der Waals surface area contributed by atoms with E-state index in [0.29, 0.717) is 10.6 Å². The first-order chi connectivity index (χ1) is 9.26. The number of benzene rings is 1. The van der Waals surface area contributed by atoms with Gasteiger partial charge in [0.25, 0.3) is 0 Å². The minimum atomic E-state index is 0.0329. The van der Waals surface area contributed by atoms with Crippen molar-refractivity contribution in [2.45, 2.75) is 9.92 Å². The van der Waals surface area contributed by atoms with E-state index in [2.05, 4.69) is 10.1 Å². The topological polar surface area (TPSA) is 80.7 Å². The van der Waals surface area contributed by atoms with Crippen LogP contribution in [-0.2, 0) is 0 Å². The molecule has 6 heteroatoms. The second-order valence-corrected chi connectivity index (χ2v) is 4.62. The third kappa shape index (κ3) is 2.97. The molecular formula is C13H13N3O2S. The number of hydrogen-bond donors (Lipinski definition) is 2. The third-order valence-corrected chi connectivity index (χ3v) is 3.51. The van der Waals surface area contributed by atoms with Gasteiger partial charge in [-0.15, -0.1) is 0 Å². The highest BCUT2D eigenvalue weighted by Crippen LogP contribution is 2.34. The lowest BCUT2D eigenvalue weighted by Crippen LogP contribution is -2.14. The maximum Gasteiger partial charge on any atom is 0.172 e. The largest absolute Gasteiger partial charge is 0.496 e. The SMILES string of the molecule is COc1ccccc1Sc1ncccc1/C(N)=N/O. The zero-order valence-corrected chi connectivity index (χ0v) is 11.1. The first-order valence-corrected chi connectivity index (χ1v) is 6.31. The molecular weight excluding hydrogens is 262 g/mol. The van der Waals surface area contributed by atoms with E-state index in [1.807, 2.05) is 24.3 Å². The summed E-state index contributed by atoms with van der Waals surface area (Å²) in [6, 6.07) is 11.1. The molecule has 1 heterocycles. The van der Waals surface area contributed by atoms with Crippen LogP contribution in [0.5, 0.6) is 5.75 Å². The Labute approximate surface area is 115 Å². The number of pyridine rings is 1. The number of nitrogens with zero attached hydrogens (tertiary/aromatic N) is 2. The van der Waals surface area contributed by atoms with Crippen molar-refractivity contribution in [3.05, 3.63) is 48.2 Å². The van der Waals surface area contributed by atoms with Crippen molar-refractivity contribution in [3.63, 3.8) is 0 Å². The Morgan fingerprint density at radius 2 is 2.11 bits per heavy atom. The predicted molar refractivity (Wildman–Crippen MR) is 73.9 cm³/mol. The number of methoxy groups -OCH3 is 1. The highest BCUT2D eigenvalue weighted by molar-refractivity contribution is 7.99. The molecule has 19 heavy (non-hydrogen) atoms. The number of para-hydroxylation sites is 1. The molecule has 5 nitrogen and oxygen atoms in total. The summed E-state index contributed by atoms with van der Waals surface area (Å²) in [6.07, 6.45) is 1.66. The minimum Gasteiger partial charge on any atom is -0.496 e. The highest BCUT2D eigenvalue weighted by Gasteiger charge is 2.11. The van der Waals surface area contributed by atoms with E-state index in [1.54, 1.807) is 25.4 Å². The summed E-state index contributed by atoms with van der Waals surface area (Å²) < 4.78 is 5.28. The van der Waals surface area contributed by atoms with E-state index in [1.165, 1.54) is 11.8 Å². The molecule has 0 spiro atoms. The van der Waals surface area contributed by atoms with E-state index in [4.69, 9.17) is 15.7 Å². The fourth-order valence-electron chi connectivity index (χ4n) is 1.53. The molecule has 1 aromatic heterocycles. The van der Waals surface area contributed by atoms with Gasteiger partial charge in [0.2, 0.25) is 0 Å². The van der Waals surface area contributed by atoms with Gasteiger partial charge in [-0.2, -0.15) is 0 Å². The first-order valence-electron chi connectivity index (χ1n) is 5.50. The normalized spacial score (nSPS) is 11.3. The maximum absolute atomic E-state index is 8.78. The lowest BCUT2D eigenvalue weighted by Gasteiger charge is -2.09. The second-order valence-electron chi connectivity index (χ2n) is 3.59. The Morgan fingerprint density at radius 1 is 1.32 bits per heavy atom. The summed E-state index contributed by atoms with van der Waals surface area (Å²) in [4.78, 5) is 5.17. The lowest BCUT2D eigenvalue weighted by atomic mass is 10.3. The zero-order valence-electron chi connectivity index (χ0n) is 10.3. The fourth-order valence-corrected chi connectivity index (χ4v) is 2.53. The summed E-state index contributed by atoms with van der Waals surface area (Å²) in [5.41, 5.74) is 6.22. The van der Waals surface area contributed by atoms with Gasteiger partial charge in [0.15, 0.2) is 5.84 Å². The minimum absolute atomic E-state index is 0.0329. The molecule has 98 valence electrons. The van der Waals surface area contributed by atoms with Gasteiger partial charge in [-0.1, -0.05) is 29.1 Å². The number of ether oxygens (including phenoxy) is 1. The Balaban J connectivity index is 2.39. The molecule has 0 saturated carbocycles. The van der Waals surface area contributed by atoms with Crippen LogP contribution in [0.4, 0.5) is 0 Å². The summed E-state index contributed by atoms with van der Waals surface area (Å²) >= 11 is 1.40. The van der Waals surface area contributed by atoms with Crippen LogP contribution in [0.15, 0.2) is 57.7 Å². The van der Waals surface area contributed by atoms with Crippen molar-refractivity contribution in [1.29, 1.82) is 0 Å². The average molecular weight is 275 g/mol. The molecule has 0 amide bonds. The van der Waals surface area contributed by atoms with E-state index < -0.39 is 0 Å². The molecule has 2 rings (SSSR count). The van der Waals surface area contributed by atoms with Crippen molar-refractivity contribution < 1.29 is 9.94 Å². The molecule has 0 aliphatic heterocycles. The highest BCUT2D eigenvalue weighted by atomic mass is 32.2. The molecule has 0 saturated heterocycles. The fraction of sp³-hybridized carbons (Fsp3) is 0.0769. The van der Waals surface area contributed by atoms with Crippen LogP contribution in [0.2, 0.25) is 0 Å². The number of nitrogens with two attached hydrogens (primary N) is 1. The van der Waals surface area contributed by atoms with Crippen molar-refractivity contribution in [2.24, 2.45) is 10.9 Å². The number of oxime groups is 1. The summed E-state index contributed by atoms with van der Waals surface area (Å²) in [7, 11) is 1.61. The molecule has 0 aliphatic rings. The van der Waals surface area contributed by atoms with Gasteiger partial charge in [-0.25, -0.2) is 4.98 Å². The Hall–Kier alpha value is -2.21. The van der Waals surface area contributed by atoms with Crippen LogP contribution >= 0.6 is 11.8 Å². The van der Waals surface area contributed by atoms with Gasteiger partial charge >= 0.3 is 0 Å². The molecule has 0 fully saturated rings. The monoisotopic (exact) mass is 275 g/mol. The van der Waals surface area contributed by atoms with E-state index >= 15 is 0 Å². The van der Waals surface area contributed by atoms with Crippen LogP contribution in [0.25, 0.3) is 0 Å². The lowest BCUT2D eigenvalue weighted by molar-refractivity contribution is 0.318. The Bertz CT molecular complexity index is 602. The Kier molecular flexibility index (Phi) is 4.25. The quantitative estimate of drug-likeness (QED) is 0.387. The number of aromatic nitrogens is 1. The molecule has 0 atom stereocenters. The summed E-state index contributed by atoms with van der Waals surface area (Å²) in [6.45, 7) is 0. The van der Waals surface area contributed by atoms with Crippen LogP contribution < -0.4 is 10.5 Å². The van der Waals surface area contributed by atoms with Gasteiger partial charge in [0.05, 0.1) is 17.6 Å². The van der Waals surface area contributed by atoms with Gasteiger partial charge in [0, 0.05) is 6.20 Å². The maximum atomic E-state index is 8.78. The van der Waals surface area contributed by atoms with Crippen LogP contribution in [0.3, 0.4) is 0 Å². The first kappa shape index (κ1) is 13.2. The van der Waals surface area contributed by atoms with Crippen molar-refractivity contribution >= 4 is 17.6 Å².